The lowest BCUT2D eigenvalue weighted by Gasteiger charge is -2.35. The van der Waals surface area contributed by atoms with Gasteiger partial charge in [-0.2, -0.15) is 0 Å². The summed E-state index contributed by atoms with van der Waals surface area (Å²) < 4.78 is 5.43. The Balaban J connectivity index is 1.96. The number of para-hydroxylation sites is 2. The van der Waals surface area contributed by atoms with E-state index < -0.39 is 6.10 Å². The average Bonchev–Trinajstić information content (AvgIpc) is 2.96. The SMILES string of the molecule is CN1C(=O)CN(C(=O)[C@@H]2CCCO2)c2ccccc21. The number of rotatable bonds is 1. The van der Waals surface area contributed by atoms with Gasteiger partial charge in [0.1, 0.15) is 12.6 Å². The topological polar surface area (TPSA) is 49.9 Å². The third-order valence-corrected chi connectivity index (χ3v) is 3.67. The van der Waals surface area contributed by atoms with Crippen molar-refractivity contribution in [2.45, 2.75) is 18.9 Å². The molecule has 0 bridgehead atoms. The third kappa shape index (κ3) is 2.00. The molecule has 2 amide bonds. The zero-order valence-corrected chi connectivity index (χ0v) is 10.8. The first-order valence-corrected chi connectivity index (χ1v) is 6.47. The first-order chi connectivity index (χ1) is 9.18. The zero-order chi connectivity index (χ0) is 13.4. The summed E-state index contributed by atoms with van der Waals surface area (Å²) in [5, 5.41) is 0. The first-order valence-electron chi connectivity index (χ1n) is 6.47. The highest BCUT2D eigenvalue weighted by Gasteiger charge is 2.35. The molecule has 2 aliphatic rings. The van der Waals surface area contributed by atoms with Gasteiger partial charge in [0.2, 0.25) is 5.91 Å². The molecule has 19 heavy (non-hydrogen) atoms. The molecule has 5 heteroatoms. The van der Waals surface area contributed by atoms with Crippen molar-refractivity contribution >= 4 is 23.2 Å². The van der Waals surface area contributed by atoms with Crippen molar-refractivity contribution in [1.82, 2.24) is 0 Å². The maximum Gasteiger partial charge on any atom is 0.256 e. The van der Waals surface area contributed by atoms with Gasteiger partial charge >= 0.3 is 0 Å². The molecule has 1 atom stereocenters. The number of nitrogens with zero attached hydrogens (tertiary/aromatic N) is 2. The fraction of sp³-hybridized carbons (Fsp3) is 0.429. The summed E-state index contributed by atoms with van der Waals surface area (Å²) >= 11 is 0. The molecule has 0 spiro atoms. The lowest BCUT2D eigenvalue weighted by Crippen LogP contribution is -2.49. The minimum atomic E-state index is -0.399. The average molecular weight is 260 g/mol. The van der Waals surface area contributed by atoms with Crippen LogP contribution in [0, 0.1) is 0 Å². The number of carbonyl (C=O) groups excluding carboxylic acids is 2. The Morgan fingerprint density at radius 1 is 1.32 bits per heavy atom. The molecule has 100 valence electrons. The first kappa shape index (κ1) is 12.2. The Labute approximate surface area is 111 Å². The van der Waals surface area contributed by atoms with Crippen LogP contribution in [0.2, 0.25) is 0 Å². The van der Waals surface area contributed by atoms with Crippen molar-refractivity contribution in [2.75, 3.05) is 30.0 Å². The lowest BCUT2D eigenvalue weighted by molar-refractivity contribution is -0.129. The molecule has 5 nitrogen and oxygen atoms in total. The van der Waals surface area contributed by atoms with Crippen LogP contribution in [0.4, 0.5) is 11.4 Å². The number of likely N-dealkylation sites (N-methyl/N-ethyl adjacent to an activating group) is 1. The monoisotopic (exact) mass is 260 g/mol. The third-order valence-electron chi connectivity index (χ3n) is 3.67. The van der Waals surface area contributed by atoms with E-state index in [-0.39, 0.29) is 18.4 Å². The molecule has 0 radical (unpaired) electrons. The smallest absolute Gasteiger partial charge is 0.256 e. The molecule has 0 unspecified atom stereocenters. The molecule has 2 heterocycles. The van der Waals surface area contributed by atoms with Gasteiger partial charge in [0.15, 0.2) is 0 Å². The minimum absolute atomic E-state index is 0.0787. The normalized spacial score (nSPS) is 22.6. The van der Waals surface area contributed by atoms with Crippen LogP contribution in [-0.2, 0) is 14.3 Å². The number of hydrogen-bond acceptors (Lipinski definition) is 3. The van der Waals surface area contributed by atoms with Gasteiger partial charge < -0.3 is 9.64 Å². The summed E-state index contributed by atoms with van der Waals surface area (Å²) in [5.74, 6) is -0.184. The van der Waals surface area contributed by atoms with E-state index in [1.54, 1.807) is 16.8 Å². The maximum atomic E-state index is 12.4. The van der Waals surface area contributed by atoms with Gasteiger partial charge in [0.05, 0.1) is 11.4 Å². The van der Waals surface area contributed by atoms with E-state index in [4.69, 9.17) is 4.74 Å². The van der Waals surface area contributed by atoms with Gasteiger partial charge in [0.25, 0.3) is 5.91 Å². The summed E-state index contributed by atoms with van der Waals surface area (Å²) in [4.78, 5) is 27.6. The molecule has 1 saturated heterocycles. The second-order valence-electron chi connectivity index (χ2n) is 4.87. The summed E-state index contributed by atoms with van der Waals surface area (Å²) in [6, 6.07) is 7.45. The fourth-order valence-electron chi connectivity index (χ4n) is 2.58. The number of amides is 2. The molecule has 0 N–H and O–H groups in total. The van der Waals surface area contributed by atoms with Crippen LogP contribution in [0.15, 0.2) is 24.3 Å². The summed E-state index contributed by atoms with van der Waals surface area (Å²) in [6.07, 6.45) is 1.24. The second-order valence-corrected chi connectivity index (χ2v) is 4.87. The van der Waals surface area contributed by atoms with Gasteiger partial charge in [-0.1, -0.05) is 12.1 Å². The van der Waals surface area contributed by atoms with Crippen LogP contribution >= 0.6 is 0 Å². The quantitative estimate of drug-likeness (QED) is 0.761. The lowest BCUT2D eigenvalue weighted by atomic mass is 10.1. The minimum Gasteiger partial charge on any atom is -0.368 e. The van der Waals surface area contributed by atoms with Crippen LogP contribution in [-0.4, -0.2) is 38.1 Å². The predicted octanol–water partition coefficient (Wildman–Crippen LogP) is 1.17. The fourth-order valence-corrected chi connectivity index (χ4v) is 2.58. The van der Waals surface area contributed by atoms with E-state index in [1.165, 1.54) is 0 Å². The van der Waals surface area contributed by atoms with Gasteiger partial charge in [-0.25, -0.2) is 0 Å². The number of anilines is 2. The summed E-state index contributed by atoms with van der Waals surface area (Å²) in [6.45, 7) is 0.714. The van der Waals surface area contributed by atoms with Crippen LogP contribution in [0.1, 0.15) is 12.8 Å². The van der Waals surface area contributed by atoms with E-state index in [2.05, 4.69) is 0 Å². The van der Waals surface area contributed by atoms with Crippen molar-refractivity contribution in [3.8, 4) is 0 Å². The maximum absolute atomic E-state index is 12.4. The molecule has 0 aromatic heterocycles. The van der Waals surface area contributed by atoms with E-state index in [9.17, 15) is 9.59 Å². The molecule has 0 aliphatic carbocycles. The van der Waals surface area contributed by atoms with Gasteiger partial charge in [-0.3, -0.25) is 14.5 Å². The highest BCUT2D eigenvalue weighted by atomic mass is 16.5. The molecule has 1 aromatic carbocycles. The number of benzene rings is 1. The van der Waals surface area contributed by atoms with Gasteiger partial charge in [-0.15, -0.1) is 0 Å². The van der Waals surface area contributed by atoms with Crippen molar-refractivity contribution in [3.63, 3.8) is 0 Å². The Bertz CT molecular complexity index is 523. The van der Waals surface area contributed by atoms with Crippen molar-refractivity contribution in [3.05, 3.63) is 24.3 Å². The highest BCUT2D eigenvalue weighted by molar-refractivity contribution is 6.11. The Hall–Kier alpha value is -1.88. The van der Waals surface area contributed by atoms with Crippen LogP contribution in [0.3, 0.4) is 0 Å². The molecule has 2 aliphatic heterocycles. The zero-order valence-electron chi connectivity index (χ0n) is 10.8. The molecule has 1 fully saturated rings. The number of hydrogen-bond donors (Lipinski definition) is 0. The number of ether oxygens (including phenoxy) is 1. The van der Waals surface area contributed by atoms with Crippen molar-refractivity contribution in [1.29, 1.82) is 0 Å². The Kier molecular flexibility index (Phi) is 2.98. The van der Waals surface area contributed by atoms with Crippen LogP contribution in [0.25, 0.3) is 0 Å². The van der Waals surface area contributed by atoms with Gasteiger partial charge in [0, 0.05) is 13.7 Å². The summed E-state index contributed by atoms with van der Waals surface area (Å²) in [5.41, 5.74) is 1.55. The van der Waals surface area contributed by atoms with Crippen LogP contribution in [0.5, 0.6) is 0 Å². The number of carbonyl (C=O) groups is 2. The van der Waals surface area contributed by atoms with E-state index >= 15 is 0 Å². The highest BCUT2D eigenvalue weighted by Crippen LogP contribution is 2.33. The van der Waals surface area contributed by atoms with Crippen molar-refractivity contribution < 1.29 is 14.3 Å². The van der Waals surface area contributed by atoms with E-state index in [1.807, 2.05) is 24.3 Å². The number of fused-ring (bicyclic) bond motifs is 1. The standard InChI is InChI=1S/C14H16N2O3/c1-15-10-5-2-3-6-11(10)16(9-13(15)17)14(18)12-7-4-8-19-12/h2-3,5-6,12H,4,7-9H2,1H3/t12-/m0/s1. The Morgan fingerprint density at radius 2 is 2.05 bits per heavy atom. The van der Waals surface area contributed by atoms with Crippen molar-refractivity contribution in [2.24, 2.45) is 0 Å². The molecule has 3 rings (SSSR count). The van der Waals surface area contributed by atoms with E-state index in [0.717, 1.165) is 24.2 Å². The molecular weight excluding hydrogens is 244 g/mol. The second kappa shape index (κ2) is 4.66. The molecule has 0 saturated carbocycles. The summed E-state index contributed by atoms with van der Waals surface area (Å²) in [7, 11) is 1.73. The van der Waals surface area contributed by atoms with Crippen LogP contribution < -0.4 is 9.80 Å². The van der Waals surface area contributed by atoms with Gasteiger partial charge in [-0.05, 0) is 25.0 Å². The predicted molar refractivity (Wildman–Crippen MR) is 71.2 cm³/mol. The van der Waals surface area contributed by atoms with E-state index in [0.29, 0.717) is 6.61 Å². The molecular formula is C14H16N2O3. The molecule has 1 aromatic rings. The largest absolute Gasteiger partial charge is 0.368 e. The Morgan fingerprint density at radius 3 is 2.74 bits per heavy atom.